The number of amides is 1. The zero-order valence-corrected chi connectivity index (χ0v) is 23.1. The van der Waals surface area contributed by atoms with E-state index in [-0.39, 0.29) is 11.6 Å². The van der Waals surface area contributed by atoms with Gasteiger partial charge in [0.2, 0.25) is 30.1 Å². The van der Waals surface area contributed by atoms with Crippen molar-refractivity contribution in [3.8, 4) is 5.75 Å². The molecule has 1 saturated heterocycles. The zero-order valence-electron chi connectivity index (χ0n) is 20.7. The highest BCUT2D eigenvalue weighted by atomic mass is 32.3. The van der Waals surface area contributed by atoms with Crippen molar-refractivity contribution >= 4 is 47.4 Å². The monoisotopic (exact) mass is 574 g/mol. The molecule has 0 atom stereocenters. The van der Waals surface area contributed by atoms with E-state index in [1.54, 1.807) is 29.2 Å². The molecule has 2 aromatic carbocycles. The third-order valence-electron chi connectivity index (χ3n) is 5.42. The molecule has 37 heavy (non-hydrogen) atoms. The summed E-state index contributed by atoms with van der Waals surface area (Å²) in [6, 6.07) is 12.0. The van der Waals surface area contributed by atoms with Gasteiger partial charge < -0.3 is 9.64 Å². The van der Waals surface area contributed by atoms with Crippen LogP contribution < -0.4 is 13.2 Å². The van der Waals surface area contributed by atoms with Crippen LogP contribution in [0.1, 0.15) is 10.4 Å². The van der Waals surface area contributed by atoms with E-state index in [0.717, 1.165) is 18.8 Å². The molecule has 0 saturated carbocycles. The molecule has 0 radical (unpaired) electrons. The summed E-state index contributed by atoms with van der Waals surface area (Å²) in [7, 11) is -11.4. The topological polar surface area (TPSA) is 150 Å². The molecule has 0 unspecified atom stereocenters. The fourth-order valence-corrected chi connectivity index (χ4v) is 7.38. The lowest BCUT2D eigenvalue weighted by atomic mass is 10.1. The Labute approximate surface area is 218 Å². The summed E-state index contributed by atoms with van der Waals surface area (Å²) >= 11 is 0. The summed E-state index contributed by atoms with van der Waals surface area (Å²) < 4.78 is 78.6. The standard InChI is InChI=1S/C22H30N4O8S3/c1-35(28,29)23-19-6-4-18(5-7-19)22(27)25-14-12-24(13-15-25)16-17-34-21-10-8-20(9-11-21)26(36(2,30)31)37(3,32)33/h4-11,23H,12-17H2,1-3H3. The number of anilines is 2. The number of piperazine rings is 1. The van der Waals surface area contributed by atoms with E-state index >= 15 is 0 Å². The Hall–Kier alpha value is -2.88. The quantitative estimate of drug-likeness (QED) is 0.431. The molecule has 0 aromatic heterocycles. The van der Waals surface area contributed by atoms with Crippen LogP contribution in [0.25, 0.3) is 0 Å². The van der Waals surface area contributed by atoms with Crippen LogP contribution in [-0.2, 0) is 30.1 Å². The maximum absolute atomic E-state index is 12.8. The van der Waals surface area contributed by atoms with E-state index in [1.165, 1.54) is 24.3 Å². The molecule has 2 aromatic rings. The number of hydrogen-bond donors (Lipinski definition) is 1. The molecule has 1 N–H and O–H groups in total. The van der Waals surface area contributed by atoms with Crippen LogP contribution >= 0.6 is 0 Å². The molecule has 15 heteroatoms. The Bertz CT molecular complexity index is 1390. The van der Waals surface area contributed by atoms with Crippen molar-refractivity contribution in [1.29, 1.82) is 0 Å². The lowest BCUT2D eigenvalue weighted by Crippen LogP contribution is -2.49. The van der Waals surface area contributed by atoms with E-state index < -0.39 is 30.1 Å². The maximum atomic E-state index is 12.8. The number of nitrogens with one attached hydrogen (secondary N) is 1. The molecule has 0 bridgehead atoms. The molecule has 1 heterocycles. The molecule has 1 aliphatic heterocycles. The van der Waals surface area contributed by atoms with Crippen LogP contribution in [0.4, 0.5) is 11.4 Å². The van der Waals surface area contributed by atoms with Gasteiger partial charge in [-0.3, -0.25) is 14.4 Å². The molecule has 0 spiro atoms. The number of ether oxygens (including phenoxy) is 1. The highest BCUT2D eigenvalue weighted by Crippen LogP contribution is 2.24. The summed E-state index contributed by atoms with van der Waals surface area (Å²) in [6.07, 6.45) is 2.70. The van der Waals surface area contributed by atoms with Crippen molar-refractivity contribution in [2.24, 2.45) is 0 Å². The fraction of sp³-hybridized carbons (Fsp3) is 0.409. The van der Waals surface area contributed by atoms with Gasteiger partial charge in [0.25, 0.3) is 5.91 Å². The van der Waals surface area contributed by atoms with E-state index in [9.17, 15) is 30.0 Å². The van der Waals surface area contributed by atoms with E-state index in [1.807, 2.05) is 0 Å². The molecule has 12 nitrogen and oxygen atoms in total. The van der Waals surface area contributed by atoms with Gasteiger partial charge in [0, 0.05) is 44.0 Å². The SMILES string of the molecule is CS(=O)(=O)Nc1ccc(C(=O)N2CCN(CCOc3ccc(N(S(C)(=O)=O)S(C)(=O)=O)cc3)CC2)cc1. The summed E-state index contributed by atoms with van der Waals surface area (Å²) in [6.45, 7) is 3.32. The van der Waals surface area contributed by atoms with Crippen molar-refractivity contribution in [3.63, 3.8) is 0 Å². The van der Waals surface area contributed by atoms with Gasteiger partial charge in [-0.05, 0) is 48.5 Å². The number of nitrogens with zero attached hydrogens (tertiary/aromatic N) is 3. The number of sulfonamides is 3. The number of hydrogen-bond acceptors (Lipinski definition) is 9. The molecule has 204 valence electrons. The van der Waals surface area contributed by atoms with Gasteiger partial charge in [0.15, 0.2) is 0 Å². The number of rotatable bonds is 10. The highest BCUT2D eigenvalue weighted by molar-refractivity contribution is 8.09. The van der Waals surface area contributed by atoms with E-state index in [0.29, 0.717) is 60.0 Å². The third-order valence-corrected chi connectivity index (χ3v) is 9.28. The largest absolute Gasteiger partial charge is 0.492 e. The molecule has 1 amide bonds. The first-order valence-electron chi connectivity index (χ1n) is 11.2. The van der Waals surface area contributed by atoms with Crippen LogP contribution in [0.3, 0.4) is 0 Å². The van der Waals surface area contributed by atoms with Gasteiger partial charge in [0.05, 0.1) is 24.5 Å². The number of carbonyl (C=O) groups is 1. The average Bonchev–Trinajstić information content (AvgIpc) is 2.78. The van der Waals surface area contributed by atoms with Crippen LogP contribution in [0.5, 0.6) is 5.75 Å². The predicted molar refractivity (Wildman–Crippen MR) is 141 cm³/mol. The lowest BCUT2D eigenvalue weighted by molar-refractivity contribution is 0.0620. The second kappa shape index (κ2) is 11.2. The van der Waals surface area contributed by atoms with Crippen LogP contribution in [0.2, 0.25) is 0 Å². The first-order chi connectivity index (χ1) is 17.1. The van der Waals surface area contributed by atoms with Gasteiger partial charge in [0.1, 0.15) is 12.4 Å². The normalized spacial score (nSPS) is 15.3. The predicted octanol–water partition coefficient (Wildman–Crippen LogP) is 0.621. The van der Waals surface area contributed by atoms with Gasteiger partial charge in [-0.2, -0.15) is 3.71 Å². The van der Waals surface area contributed by atoms with Crippen molar-refractivity contribution in [3.05, 3.63) is 54.1 Å². The van der Waals surface area contributed by atoms with Crippen LogP contribution in [0, 0.1) is 0 Å². The molecular formula is C22H30N4O8S3. The van der Waals surface area contributed by atoms with Crippen LogP contribution in [0.15, 0.2) is 48.5 Å². The van der Waals surface area contributed by atoms with E-state index in [2.05, 4.69) is 9.62 Å². The summed E-state index contributed by atoms with van der Waals surface area (Å²) in [4.78, 5) is 16.7. The summed E-state index contributed by atoms with van der Waals surface area (Å²) in [5.41, 5.74) is 0.866. The van der Waals surface area contributed by atoms with Crippen molar-refractivity contribution in [2.45, 2.75) is 0 Å². The van der Waals surface area contributed by atoms with Gasteiger partial charge in [-0.15, -0.1) is 0 Å². The first kappa shape index (κ1) is 28.7. The Balaban J connectivity index is 1.47. The molecule has 1 aliphatic rings. The van der Waals surface area contributed by atoms with Gasteiger partial charge in [-0.25, -0.2) is 25.3 Å². The minimum Gasteiger partial charge on any atom is -0.492 e. The molecule has 3 rings (SSSR count). The van der Waals surface area contributed by atoms with Crippen molar-refractivity contribution in [2.75, 3.05) is 66.5 Å². The molecular weight excluding hydrogens is 544 g/mol. The zero-order chi connectivity index (χ0) is 27.4. The first-order valence-corrected chi connectivity index (χ1v) is 16.8. The second-order valence-corrected chi connectivity index (χ2v) is 14.3. The summed E-state index contributed by atoms with van der Waals surface area (Å²) in [5, 5.41) is 0. The lowest BCUT2D eigenvalue weighted by Gasteiger charge is -2.34. The highest BCUT2D eigenvalue weighted by Gasteiger charge is 2.27. The number of benzene rings is 2. The fourth-order valence-electron chi connectivity index (χ4n) is 3.84. The summed E-state index contributed by atoms with van der Waals surface area (Å²) in [5.74, 6) is 0.340. The molecule has 1 fully saturated rings. The smallest absolute Gasteiger partial charge is 0.253 e. The maximum Gasteiger partial charge on any atom is 0.253 e. The Kier molecular flexibility index (Phi) is 8.72. The molecule has 0 aliphatic carbocycles. The minimum absolute atomic E-state index is 0.000520. The van der Waals surface area contributed by atoms with E-state index in [4.69, 9.17) is 4.74 Å². The Morgan fingerprint density at radius 1 is 0.838 bits per heavy atom. The minimum atomic E-state index is -4.01. The van der Waals surface area contributed by atoms with Gasteiger partial charge >= 0.3 is 0 Å². The average molecular weight is 575 g/mol. The van der Waals surface area contributed by atoms with Crippen LogP contribution in [-0.4, -0.2) is 99.1 Å². The van der Waals surface area contributed by atoms with Crippen molar-refractivity contribution in [1.82, 2.24) is 9.80 Å². The van der Waals surface area contributed by atoms with Gasteiger partial charge in [-0.1, -0.05) is 0 Å². The Morgan fingerprint density at radius 3 is 1.86 bits per heavy atom. The Morgan fingerprint density at radius 2 is 1.38 bits per heavy atom. The number of carbonyl (C=O) groups excluding carboxylic acids is 1. The third kappa shape index (κ3) is 8.31. The second-order valence-electron chi connectivity index (χ2n) is 8.65. The van der Waals surface area contributed by atoms with Crippen molar-refractivity contribution < 1.29 is 34.8 Å².